The summed E-state index contributed by atoms with van der Waals surface area (Å²) in [6.07, 6.45) is 2.30. The summed E-state index contributed by atoms with van der Waals surface area (Å²) >= 11 is 0. The zero-order chi connectivity index (χ0) is 17.1. The molecule has 0 amide bonds. The number of sulfonamides is 1. The molecule has 10 heteroatoms. The number of hydrogen-bond donors (Lipinski definition) is 2. The van der Waals surface area contributed by atoms with Gasteiger partial charge in [0, 0.05) is 11.9 Å². The maximum Gasteiger partial charge on any atom is 0.516 e. The van der Waals surface area contributed by atoms with E-state index in [0.29, 0.717) is 11.3 Å². The first-order valence-corrected chi connectivity index (χ1v) is 7.51. The normalized spacial score (nSPS) is 11.6. The summed E-state index contributed by atoms with van der Waals surface area (Å²) in [7, 11) is -5.55. The van der Waals surface area contributed by atoms with Gasteiger partial charge < -0.3 is 5.32 Å². The first-order valence-electron chi connectivity index (χ1n) is 6.03. The third kappa shape index (κ3) is 3.89. The number of nitrogens with zero attached hydrogens (tertiary/aromatic N) is 2. The van der Waals surface area contributed by atoms with Crippen LogP contribution in [0.1, 0.15) is 5.56 Å². The molecule has 2 N–H and O–H groups in total. The maximum absolute atomic E-state index is 12.5. The van der Waals surface area contributed by atoms with E-state index in [1.54, 1.807) is 18.2 Å². The third-order valence-corrected chi connectivity index (χ3v) is 3.74. The molecule has 0 unspecified atom stereocenters. The van der Waals surface area contributed by atoms with Gasteiger partial charge in [-0.15, -0.1) is 0 Å². The largest absolute Gasteiger partial charge is 0.516 e. The number of pyridine rings is 1. The lowest BCUT2D eigenvalue weighted by Gasteiger charge is -2.15. The van der Waals surface area contributed by atoms with Gasteiger partial charge in [0.25, 0.3) is 0 Å². The van der Waals surface area contributed by atoms with Crippen molar-refractivity contribution in [3.05, 3.63) is 48.3 Å². The second-order valence-electron chi connectivity index (χ2n) is 4.29. The second kappa shape index (κ2) is 6.13. The zero-order valence-electron chi connectivity index (χ0n) is 11.3. The molecule has 1 aromatic heterocycles. The Balaban J connectivity index is 2.33. The molecule has 0 atom stereocenters. The minimum absolute atomic E-state index is 0.00964. The van der Waals surface area contributed by atoms with Gasteiger partial charge in [-0.05, 0) is 24.3 Å². The zero-order valence-corrected chi connectivity index (χ0v) is 12.1. The lowest BCUT2D eigenvalue weighted by Crippen LogP contribution is -2.30. The summed E-state index contributed by atoms with van der Waals surface area (Å²) < 4.78 is 61.2. The van der Waals surface area contributed by atoms with Crippen LogP contribution in [0.3, 0.4) is 0 Å². The van der Waals surface area contributed by atoms with Crippen LogP contribution in [-0.4, -0.2) is 18.9 Å². The van der Waals surface area contributed by atoms with E-state index in [1.807, 2.05) is 6.07 Å². The van der Waals surface area contributed by atoms with Gasteiger partial charge in [0.15, 0.2) is 0 Å². The molecular formula is C13H9F3N4O2S. The van der Waals surface area contributed by atoms with Gasteiger partial charge in [-0.2, -0.15) is 26.9 Å². The van der Waals surface area contributed by atoms with Crippen LogP contribution < -0.4 is 10.0 Å². The fourth-order valence-electron chi connectivity index (χ4n) is 1.61. The van der Waals surface area contributed by atoms with Crippen molar-refractivity contribution < 1.29 is 21.6 Å². The molecule has 120 valence electrons. The molecule has 0 bridgehead atoms. The van der Waals surface area contributed by atoms with Crippen molar-refractivity contribution in [1.82, 2.24) is 4.98 Å². The van der Waals surface area contributed by atoms with E-state index in [4.69, 9.17) is 5.26 Å². The Kier molecular flexibility index (Phi) is 4.42. The molecule has 0 aliphatic carbocycles. The summed E-state index contributed by atoms with van der Waals surface area (Å²) in [5.74, 6) is 0. The van der Waals surface area contributed by atoms with Gasteiger partial charge in [-0.1, -0.05) is 6.07 Å². The van der Waals surface area contributed by atoms with Crippen molar-refractivity contribution in [2.24, 2.45) is 0 Å². The van der Waals surface area contributed by atoms with E-state index in [9.17, 15) is 21.6 Å². The van der Waals surface area contributed by atoms with Crippen molar-refractivity contribution in [2.45, 2.75) is 5.51 Å². The fourth-order valence-corrected chi connectivity index (χ4v) is 2.19. The van der Waals surface area contributed by atoms with Crippen LogP contribution in [-0.2, 0) is 10.0 Å². The summed E-state index contributed by atoms with van der Waals surface area (Å²) in [6.45, 7) is 0. The molecule has 0 saturated heterocycles. The van der Waals surface area contributed by atoms with Gasteiger partial charge in [0.05, 0.1) is 29.2 Å². The minimum atomic E-state index is -5.55. The number of rotatable bonds is 4. The van der Waals surface area contributed by atoms with Gasteiger partial charge in [0.1, 0.15) is 0 Å². The molecule has 0 aliphatic rings. The monoisotopic (exact) mass is 342 g/mol. The molecule has 2 aromatic rings. The van der Waals surface area contributed by atoms with E-state index in [1.165, 1.54) is 10.8 Å². The Bertz CT molecular complexity index is 860. The molecule has 0 radical (unpaired) electrons. The average molecular weight is 342 g/mol. The van der Waals surface area contributed by atoms with Crippen molar-refractivity contribution in [1.29, 1.82) is 5.26 Å². The molecule has 2 rings (SSSR count). The first kappa shape index (κ1) is 16.6. The fraction of sp³-hybridized carbons (Fsp3) is 0.0769. The standard InChI is InChI=1S/C13H9F3N4O2S/c14-13(15,16)23(21,22)20-11-4-5-18-8-12(11)19-10-3-1-2-9(6-10)7-17/h1-6,8,19H,(H,18,20). The van der Waals surface area contributed by atoms with Crippen molar-refractivity contribution in [3.8, 4) is 6.07 Å². The SMILES string of the molecule is N#Cc1cccc(Nc2cnccc2NS(=O)(=O)C(F)(F)F)c1. The van der Waals surface area contributed by atoms with Crippen molar-refractivity contribution in [3.63, 3.8) is 0 Å². The predicted octanol–water partition coefficient (Wildman–Crippen LogP) is 2.96. The summed E-state index contributed by atoms with van der Waals surface area (Å²) in [4.78, 5) is 3.73. The van der Waals surface area contributed by atoms with Crippen molar-refractivity contribution in [2.75, 3.05) is 10.0 Å². The molecular weight excluding hydrogens is 333 g/mol. The number of nitrogens with one attached hydrogen (secondary N) is 2. The highest BCUT2D eigenvalue weighted by atomic mass is 32.2. The highest BCUT2D eigenvalue weighted by molar-refractivity contribution is 7.93. The second-order valence-corrected chi connectivity index (χ2v) is 5.96. The third-order valence-electron chi connectivity index (χ3n) is 2.64. The highest BCUT2D eigenvalue weighted by Crippen LogP contribution is 2.30. The van der Waals surface area contributed by atoms with Crippen LogP contribution >= 0.6 is 0 Å². The average Bonchev–Trinajstić information content (AvgIpc) is 2.48. The quantitative estimate of drug-likeness (QED) is 0.891. The molecule has 1 aromatic carbocycles. The number of nitriles is 1. The van der Waals surface area contributed by atoms with E-state index < -0.39 is 15.5 Å². The summed E-state index contributed by atoms with van der Waals surface area (Å²) in [6, 6.07) is 9.12. The number of anilines is 3. The van der Waals surface area contributed by atoms with E-state index in [0.717, 1.165) is 18.5 Å². The van der Waals surface area contributed by atoms with Gasteiger partial charge in [-0.3, -0.25) is 9.71 Å². The molecule has 23 heavy (non-hydrogen) atoms. The van der Waals surface area contributed by atoms with Crippen LogP contribution in [0.25, 0.3) is 0 Å². The Morgan fingerprint density at radius 1 is 1.17 bits per heavy atom. The lowest BCUT2D eigenvalue weighted by molar-refractivity contribution is -0.0429. The molecule has 0 spiro atoms. The Morgan fingerprint density at radius 3 is 2.57 bits per heavy atom. The maximum atomic E-state index is 12.5. The molecule has 0 saturated carbocycles. The topological polar surface area (TPSA) is 94.9 Å². The van der Waals surface area contributed by atoms with E-state index >= 15 is 0 Å². The van der Waals surface area contributed by atoms with Crippen LogP contribution in [0.15, 0.2) is 42.7 Å². The lowest BCUT2D eigenvalue weighted by atomic mass is 10.2. The minimum Gasteiger partial charge on any atom is -0.353 e. The Hall–Kier alpha value is -2.80. The van der Waals surface area contributed by atoms with Gasteiger partial charge in [-0.25, -0.2) is 0 Å². The molecule has 6 nitrogen and oxygen atoms in total. The number of benzene rings is 1. The van der Waals surface area contributed by atoms with E-state index in [-0.39, 0.29) is 11.4 Å². The predicted molar refractivity (Wildman–Crippen MR) is 77.3 cm³/mol. The molecule has 0 fully saturated rings. The van der Waals surface area contributed by atoms with Crippen LogP contribution in [0, 0.1) is 11.3 Å². The smallest absolute Gasteiger partial charge is 0.353 e. The van der Waals surface area contributed by atoms with Crippen molar-refractivity contribution >= 4 is 27.1 Å². The van der Waals surface area contributed by atoms with Gasteiger partial charge in [0.2, 0.25) is 0 Å². The Morgan fingerprint density at radius 2 is 1.91 bits per heavy atom. The number of aromatic nitrogens is 1. The number of halogens is 3. The highest BCUT2D eigenvalue weighted by Gasteiger charge is 2.46. The first-order chi connectivity index (χ1) is 10.7. The molecule has 1 heterocycles. The number of alkyl halides is 3. The summed E-state index contributed by atoms with van der Waals surface area (Å²) in [5.41, 5.74) is -5.02. The Labute approximate surface area is 129 Å². The van der Waals surface area contributed by atoms with Crippen LogP contribution in [0.5, 0.6) is 0 Å². The molecule has 0 aliphatic heterocycles. The summed E-state index contributed by atoms with van der Waals surface area (Å²) in [5, 5.41) is 11.5. The van der Waals surface area contributed by atoms with Gasteiger partial charge >= 0.3 is 15.5 Å². The van der Waals surface area contributed by atoms with Crippen LogP contribution in [0.2, 0.25) is 0 Å². The van der Waals surface area contributed by atoms with E-state index in [2.05, 4.69) is 10.3 Å². The van der Waals surface area contributed by atoms with Crippen LogP contribution in [0.4, 0.5) is 30.2 Å². The number of hydrogen-bond acceptors (Lipinski definition) is 5.